The number of fused-ring (bicyclic) bond motifs is 1. The fraction of sp³-hybridized carbons (Fsp3) is 0.278. The van der Waals surface area contributed by atoms with Crippen molar-refractivity contribution in [2.75, 3.05) is 12.4 Å². The van der Waals surface area contributed by atoms with Crippen LogP contribution in [0.5, 0.6) is 5.75 Å². The van der Waals surface area contributed by atoms with Gasteiger partial charge in [-0.15, -0.1) is 10.2 Å². The molecular weight excluding hydrogens is 346 g/mol. The highest BCUT2D eigenvalue weighted by Gasteiger charge is 2.17. The first kappa shape index (κ1) is 17.0. The van der Waals surface area contributed by atoms with Gasteiger partial charge in [-0.3, -0.25) is 4.68 Å². The van der Waals surface area contributed by atoms with Crippen molar-refractivity contribution in [1.29, 1.82) is 0 Å². The topological polar surface area (TPSA) is 104 Å². The van der Waals surface area contributed by atoms with Crippen molar-refractivity contribution in [3.63, 3.8) is 0 Å². The molecule has 9 heteroatoms. The summed E-state index contributed by atoms with van der Waals surface area (Å²) >= 11 is 0. The average Bonchev–Trinajstić information content (AvgIpc) is 3.29. The van der Waals surface area contributed by atoms with Crippen LogP contribution in [0.4, 0.5) is 5.82 Å². The van der Waals surface area contributed by atoms with Crippen molar-refractivity contribution >= 4 is 16.7 Å². The number of methoxy groups -OCH3 is 1. The molecule has 0 saturated heterocycles. The number of hydrogen-bond donors (Lipinski definition) is 1. The van der Waals surface area contributed by atoms with Crippen molar-refractivity contribution in [3.8, 4) is 17.0 Å². The van der Waals surface area contributed by atoms with Gasteiger partial charge in [0.25, 0.3) is 0 Å². The van der Waals surface area contributed by atoms with Crippen LogP contribution in [-0.4, -0.2) is 37.1 Å². The molecule has 27 heavy (non-hydrogen) atoms. The van der Waals surface area contributed by atoms with E-state index in [0.717, 1.165) is 16.6 Å². The number of hydrogen-bond acceptors (Lipinski definition) is 8. The SMILES string of the molecule is COc1cc(-c2ccn(C)n2)cc2c(NC(C)c3nnc(C)o3)ncnc12. The number of aryl methyl sites for hydroxylation is 2. The molecule has 0 aliphatic rings. The van der Waals surface area contributed by atoms with Gasteiger partial charge in [-0.05, 0) is 25.1 Å². The van der Waals surface area contributed by atoms with Crippen molar-refractivity contribution in [2.24, 2.45) is 7.05 Å². The quantitative estimate of drug-likeness (QED) is 0.576. The molecule has 0 saturated carbocycles. The van der Waals surface area contributed by atoms with Crippen LogP contribution in [0, 0.1) is 6.92 Å². The summed E-state index contributed by atoms with van der Waals surface area (Å²) in [7, 11) is 3.50. The highest BCUT2D eigenvalue weighted by Crippen LogP contribution is 2.34. The molecule has 0 bridgehead atoms. The third-order valence-corrected chi connectivity index (χ3v) is 4.20. The normalized spacial score (nSPS) is 12.3. The third-order valence-electron chi connectivity index (χ3n) is 4.20. The van der Waals surface area contributed by atoms with Gasteiger partial charge in [0, 0.05) is 31.1 Å². The summed E-state index contributed by atoms with van der Waals surface area (Å²) in [5.41, 5.74) is 2.47. The van der Waals surface area contributed by atoms with Gasteiger partial charge < -0.3 is 14.5 Å². The van der Waals surface area contributed by atoms with Crippen LogP contribution in [0.2, 0.25) is 0 Å². The molecule has 0 spiro atoms. The van der Waals surface area contributed by atoms with Crippen molar-refractivity contribution < 1.29 is 9.15 Å². The Hall–Kier alpha value is -3.49. The van der Waals surface area contributed by atoms with Crippen molar-refractivity contribution in [2.45, 2.75) is 19.9 Å². The zero-order chi connectivity index (χ0) is 19.0. The fourth-order valence-electron chi connectivity index (χ4n) is 2.88. The van der Waals surface area contributed by atoms with E-state index in [-0.39, 0.29) is 6.04 Å². The second-order valence-corrected chi connectivity index (χ2v) is 6.20. The van der Waals surface area contributed by atoms with Crippen LogP contribution < -0.4 is 10.1 Å². The molecule has 0 fully saturated rings. The van der Waals surface area contributed by atoms with E-state index >= 15 is 0 Å². The predicted molar refractivity (Wildman–Crippen MR) is 99.4 cm³/mol. The summed E-state index contributed by atoms with van der Waals surface area (Å²) in [4.78, 5) is 8.78. The lowest BCUT2D eigenvalue weighted by Gasteiger charge is -2.14. The molecule has 0 radical (unpaired) electrons. The van der Waals surface area contributed by atoms with E-state index in [1.54, 1.807) is 18.7 Å². The van der Waals surface area contributed by atoms with E-state index in [1.165, 1.54) is 6.33 Å². The van der Waals surface area contributed by atoms with Crippen molar-refractivity contribution in [3.05, 3.63) is 42.5 Å². The Labute approximate surface area is 155 Å². The molecule has 0 aliphatic carbocycles. The zero-order valence-corrected chi connectivity index (χ0v) is 15.5. The Morgan fingerprint density at radius 2 is 2.07 bits per heavy atom. The molecule has 4 aromatic rings. The van der Waals surface area contributed by atoms with Gasteiger partial charge in [-0.2, -0.15) is 5.10 Å². The lowest BCUT2D eigenvalue weighted by atomic mass is 10.1. The minimum Gasteiger partial charge on any atom is -0.494 e. The number of nitrogens with one attached hydrogen (secondary N) is 1. The summed E-state index contributed by atoms with van der Waals surface area (Å²) in [5.74, 6) is 2.32. The third kappa shape index (κ3) is 3.19. The maximum Gasteiger partial charge on any atom is 0.238 e. The Bertz CT molecular complexity index is 1100. The highest BCUT2D eigenvalue weighted by atomic mass is 16.5. The standard InChI is InChI=1S/C18H19N7O2/c1-10(18-23-22-11(2)27-18)21-17-13-7-12(14-5-6-25(3)24-14)8-15(26-4)16(13)19-9-20-17/h5-10H,1-4H3,(H,19,20,21). The van der Waals surface area contributed by atoms with E-state index in [1.807, 2.05) is 38.4 Å². The molecule has 9 nitrogen and oxygen atoms in total. The summed E-state index contributed by atoms with van der Waals surface area (Å²) < 4.78 is 12.8. The number of ether oxygens (including phenoxy) is 1. The number of aromatic nitrogens is 6. The van der Waals surface area contributed by atoms with Crippen LogP contribution in [0.3, 0.4) is 0 Å². The first-order chi connectivity index (χ1) is 13.0. The van der Waals surface area contributed by atoms with Gasteiger partial charge in [0.1, 0.15) is 29.5 Å². The predicted octanol–water partition coefficient (Wildman–Crippen LogP) is 2.90. The first-order valence-corrected chi connectivity index (χ1v) is 8.44. The Morgan fingerprint density at radius 1 is 1.22 bits per heavy atom. The monoisotopic (exact) mass is 365 g/mol. The molecule has 138 valence electrons. The summed E-state index contributed by atoms with van der Waals surface area (Å²) in [5, 5.41) is 16.6. The highest BCUT2D eigenvalue weighted by molar-refractivity contribution is 5.96. The van der Waals surface area contributed by atoms with Gasteiger partial charge in [0.2, 0.25) is 11.8 Å². The zero-order valence-electron chi connectivity index (χ0n) is 15.5. The van der Waals surface area contributed by atoms with E-state index < -0.39 is 0 Å². The Morgan fingerprint density at radius 3 is 2.74 bits per heavy atom. The Kier molecular flexibility index (Phi) is 4.19. The maximum atomic E-state index is 5.55. The van der Waals surface area contributed by atoms with Crippen LogP contribution in [0.25, 0.3) is 22.2 Å². The molecule has 1 aromatic carbocycles. The van der Waals surface area contributed by atoms with E-state index in [2.05, 4.69) is 30.6 Å². The number of anilines is 1. The maximum absolute atomic E-state index is 5.55. The largest absolute Gasteiger partial charge is 0.494 e. The molecule has 0 amide bonds. The van der Waals surface area contributed by atoms with Gasteiger partial charge in [0.05, 0.1) is 12.8 Å². The number of nitrogens with zero attached hydrogens (tertiary/aromatic N) is 6. The van der Waals surface area contributed by atoms with Crippen molar-refractivity contribution in [1.82, 2.24) is 29.9 Å². The second kappa shape index (κ2) is 6.67. The fourth-order valence-corrected chi connectivity index (χ4v) is 2.88. The van der Waals surface area contributed by atoms with Crippen LogP contribution in [0.1, 0.15) is 24.7 Å². The number of benzene rings is 1. The van der Waals surface area contributed by atoms with Gasteiger partial charge >= 0.3 is 0 Å². The molecule has 0 aliphatic heterocycles. The van der Waals surface area contributed by atoms with Crippen LogP contribution in [-0.2, 0) is 7.05 Å². The molecule has 4 rings (SSSR count). The minimum atomic E-state index is -0.214. The second-order valence-electron chi connectivity index (χ2n) is 6.20. The molecule has 3 heterocycles. The molecule has 1 N–H and O–H groups in total. The first-order valence-electron chi connectivity index (χ1n) is 8.44. The summed E-state index contributed by atoms with van der Waals surface area (Å²) in [6.45, 7) is 3.69. The van der Waals surface area contributed by atoms with E-state index in [4.69, 9.17) is 9.15 Å². The summed E-state index contributed by atoms with van der Waals surface area (Å²) in [6, 6.07) is 5.65. The molecular formula is C18H19N7O2. The summed E-state index contributed by atoms with van der Waals surface area (Å²) in [6.07, 6.45) is 3.39. The van der Waals surface area contributed by atoms with Gasteiger partial charge in [-0.1, -0.05) is 0 Å². The smallest absolute Gasteiger partial charge is 0.238 e. The lowest BCUT2D eigenvalue weighted by Crippen LogP contribution is -2.09. The van der Waals surface area contributed by atoms with Gasteiger partial charge in [0.15, 0.2) is 0 Å². The van der Waals surface area contributed by atoms with Crippen LogP contribution in [0.15, 0.2) is 35.1 Å². The number of rotatable bonds is 5. The Balaban J connectivity index is 1.80. The lowest BCUT2D eigenvalue weighted by molar-refractivity contribution is 0.419. The van der Waals surface area contributed by atoms with Gasteiger partial charge in [-0.25, -0.2) is 9.97 Å². The van der Waals surface area contributed by atoms with E-state index in [9.17, 15) is 0 Å². The van der Waals surface area contributed by atoms with Crippen LogP contribution >= 0.6 is 0 Å². The molecule has 1 atom stereocenters. The average molecular weight is 365 g/mol. The minimum absolute atomic E-state index is 0.214. The molecule has 3 aromatic heterocycles. The molecule has 1 unspecified atom stereocenters. The van der Waals surface area contributed by atoms with E-state index in [0.29, 0.717) is 28.9 Å².